The summed E-state index contributed by atoms with van der Waals surface area (Å²) in [5, 5.41) is 2.79. The van der Waals surface area contributed by atoms with Crippen molar-refractivity contribution in [2.24, 2.45) is 0 Å². The lowest BCUT2D eigenvalue weighted by Crippen LogP contribution is -2.37. The number of amides is 1. The van der Waals surface area contributed by atoms with E-state index < -0.39 is 43.7 Å². The summed E-state index contributed by atoms with van der Waals surface area (Å²) in [6.45, 7) is 5.71. The van der Waals surface area contributed by atoms with Crippen molar-refractivity contribution in [3.8, 4) is 0 Å². The number of hydroxylamine groups is 1. The van der Waals surface area contributed by atoms with Gasteiger partial charge in [0.25, 0.3) is 5.91 Å². The van der Waals surface area contributed by atoms with Crippen LogP contribution in [0.5, 0.6) is 0 Å². The maximum absolute atomic E-state index is 15.2. The second-order valence-electron chi connectivity index (χ2n) is 7.16. The number of rotatable bonds is 11. The molecule has 0 fully saturated rings. The molecule has 0 unspecified atom stereocenters. The molecule has 2 rings (SSSR count). The maximum Gasteiger partial charge on any atom is 0.277 e. The molecule has 8 nitrogen and oxygen atoms in total. The molecular weight excluding hydrogens is 605 g/mol. The molecule has 0 aliphatic rings. The Kier molecular flexibility index (Phi) is 10.5. The summed E-state index contributed by atoms with van der Waals surface area (Å²) >= 11 is 8.21. The van der Waals surface area contributed by atoms with E-state index in [9.17, 15) is 13.2 Å². The first-order valence-corrected chi connectivity index (χ1v) is 13.1. The Balaban J connectivity index is 2.57. The third-order valence-corrected chi connectivity index (χ3v) is 7.96. The largest absolute Gasteiger partial charge is 0.351 e. The quantitative estimate of drug-likeness (QED) is 0.286. The zero-order valence-corrected chi connectivity index (χ0v) is 22.8. The van der Waals surface area contributed by atoms with Crippen LogP contribution in [-0.4, -0.2) is 63.9 Å². The van der Waals surface area contributed by atoms with Crippen molar-refractivity contribution in [1.29, 1.82) is 0 Å². The van der Waals surface area contributed by atoms with E-state index in [1.54, 1.807) is 12.1 Å². The van der Waals surface area contributed by atoms with Gasteiger partial charge in [-0.3, -0.25) is 9.63 Å². The van der Waals surface area contributed by atoms with Crippen molar-refractivity contribution in [2.75, 3.05) is 45.7 Å². The number of carbonyl (C=O) groups is 1. The third kappa shape index (κ3) is 6.55. The first-order valence-electron chi connectivity index (χ1n) is 10.2. The minimum Gasteiger partial charge on any atom is -0.351 e. The Hall–Kier alpha value is -1.58. The van der Waals surface area contributed by atoms with Crippen LogP contribution in [0.4, 0.5) is 20.2 Å². The molecule has 0 heterocycles. The fourth-order valence-corrected chi connectivity index (χ4v) is 5.22. The van der Waals surface area contributed by atoms with Crippen molar-refractivity contribution in [3.05, 3.63) is 50.1 Å². The number of sulfonamides is 1. The van der Waals surface area contributed by atoms with E-state index in [4.69, 9.17) is 11.6 Å². The Morgan fingerprint density at radius 3 is 2.35 bits per heavy atom. The summed E-state index contributed by atoms with van der Waals surface area (Å²) < 4.78 is 58.2. The van der Waals surface area contributed by atoms with Gasteiger partial charge in [-0.1, -0.05) is 25.4 Å². The van der Waals surface area contributed by atoms with Gasteiger partial charge in [0.05, 0.1) is 29.1 Å². The van der Waals surface area contributed by atoms with E-state index in [0.29, 0.717) is 19.6 Å². The highest BCUT2D eigenvalue weighted by atomic mass is 127. The summed E-state index contributed by atoms with van der Waals surface area (Å²) in [4.78, 5) is 18.2. The van der Waals surface area contributed by atoms with Gasteiger partial charge in [0, 0.05) is 23.7 Å². The average Bonchev–Trinajstić information content (AvgIpc) is 2.79. The molecular formula is C21H26ClF2IN4O4S. The van der Waals surface area contributed by atoms with Crippen LogP contribution in [0.15, 0.2) is 29.2 Å². The highest BCUT2D eigenvalue weighted by molar-refractivity contribution is 14.1. The van der Waals surface area contributed by atoms with Crippen LogP contribution in [-0.2, 0) is 14.9 Å². The van der Waals surface area contributed by atoms with Gasteiger partial charge in [0.15, 0.2) is 11.6 Å². The molecule has 13 heteroatoms. The van der Waals surface area contributed by atoms with Gasteiger partial charge in [0.1, 0.15) is 4.90 Å². The van der Waals surface area contributed by atoms with E-state index in [1.807, 2.05) is 46.8 Å². The topological polar surface area (TPSA) is 91.0 Å². The summed E-state index contributed by atoms with van der Waals surface area (Å²) in [5.74, 6) is -4.14. The van der Waals surface area contributed by atoms with E-state index >= 15 is 8.78 Å². The maximum atomic E-state index is 15.2. The minimum absolute atomic E-state index is 0.0446. The zero-order valence-electron chi connectivity index (χ0n) is 19.1. The van der Waals surface area contributed by atoms with Gasteiger partial charge in [0.2, 0.25) is 10.0 Å². The highest BCUT2D eigenvalue weighted by Gasteiger charge is 2.32. The second-order valence-corrected chi connectivity index (χ2v) is 10.8. The predicted octanol–water partition coefficient (Wildman–Crippen LogP) is 4.22. The van der Waals surface area contributed by atoms with E-state index in [2.05, 4.69) is 10.2 Å². The Morgan fingerprint density at radius 1 is 1.15 bits per heavy atom. The minimum atomic E-state index is -4.46. The van der Waals surface area contributed by atoms with Crippen LogP contribution >= 0.6 is 34.2 Å². The SMILES string of the molecule is CCN(CC)CCN(C)S(=O)(=O)c1cc(C(=O)NOC)c(Nc2ccc(I)cc2Cl)c(F)c1F. The molecule has 188 valence electrons. The number of nitrogens with one attached hydrogen (secondary N) is 2. The van der Waals surface area contributed by atoms with Crippen LogP contribution in [0.25, 0.3) is 0 Å². The molecule has 2 N–H and O–H groups in total. The van der Waals surface area contributed by atoms with Crippen LogP contribution in [0.2, 0.25) is 5.02 Å². The van der Waals surface area contributed by atoms with Crippen molar-refractivity contribution in [2.45, 2.75) is 18.7 Å². The second kappa shape index (κ2) is 12.4. The monoisotopic (exact) mass is 630 g/mol. The number of hydrogen-bond donors (Lipinski definition) is 2. The lowest BCUT2D eigenvalue weighted by molar-refractivity contribution is 0.0538. The highest BCUT2D eigenvalue weighted by Crippen LogP contribution is 2.34. The number of nitrogens with zero attached hydrogens (tertiary/aromatic N) is 2. The molecule has 2 aromatic rings. The number of halogens is 4. The molecule has 0 aliphatic heterocycles. The summed E-state index contributed by atoms with van der Waals surface area (Å²) in [6, 6.07) is 5.54. The molecule has 0 saturated heterocycles. The molecule has 0 saturated carbocycles. The predicted molar refractivity (Wildman–Crippen MR) is 136 cm³/mol. The first-order chi connectivity index (χ1) is 16.0. The van der Waals surface area contributed by atoms with E-state index in [-0.39, 0.29) is 17.3 Å². The molecule has 2 aromatic carbocycles. The molecule has 1 amide bonds. The van der Waals surface area contributed by atoms with Crippen LogP contribution in [0.3, 0.4) is 0 Å². The molecule has 0 aromatic heterocycles. The van der Waals surface area contributed by atoms with Gasteiger partial charge in [-0.05, 0) is 59.9 Å². The van der Waals surface area contributed by atoms with Crippen LogP contribution in [0, 0.1) is 15.2 Å². The zero-order chi connectivity index (χ0) is 25.6. The summed E-state index contributed by atoms with van der Waals surface area (Å²) in [5.41, 5.74) is 1.13. The molecule has 0 radical (unpaired) electrons. The number of anilines is 2. The molecule has 0 atom stereocenters. The fourth-order valence-electron chi connectivity index (χ4n) is 3.08. The van der Waals surface area contributed by atoms with Gasteiger partial charge in [-0.2, -0.15) is 4.31 Å². The van der Waals surface area contributed by atoms with Gasteiger partial charge in [-0.25, -0.2) is 22.7 Å². The smallest absolute Gasteiger partial charge is 0.277 e. The number of likely N-dealkylation sites (N-methyl/N-ethyl adjacent to an activating group) is 2. The number of hydrogen-bond acceptors (Lipinski definition) is 6. The van der Waals surface area contributed by atoms with Crippen molar-refractivity contribution in [1.82, 2.24) is 14.7 Å². The molecule has 0 spiro atoms. The van der Waals surface area contributed by atoms with Crippen LogP contribution in [0.1, 0.15) is 24.2 Å². The van der Waals surface area contributed by atoms with E-state index in [1.165, 1.54) is 13.1 Å². The Labute approximate surface area is 216 Å². The number of carbonyl (C=O) groups excluding carboxylic acids is 1. The fraction of sp³-hybridized carbons (Fsp3) is 0.381. The Morgan fingerprint density at radius 2 is 1.79 bits per heavy atom. The van der Waals surface area contributed by atoms with Gasteiger partial charge in [-0.15, -0.1) is 0 Å². The normalized spacial score (nSPS) is 11.8. The van der Waals surface area contributed by atoms with Gasteiger partial charge >= 0.3 is 0 Å². The molecule has 0 bridgehead atoms. The third-order valence-electron chi connectivity index (χ3n) is 5.12. The van der Waals surface area contributed by atoms with E-state index in [0.717, 1.165) is 21.1 Å². The lowest BCUT2D eigenvalue weighted by atomic mass is 10.1. The standard InChI is InChI=1S/C21H26ClF2IN4O4S/c1-5-29(6-2)10-9-28(3)34(31,32)17-12-14(21(30)27-33-4)20(19(24)18(17)23)26-16-8-7-13(25)11-15(16)22/h7-8,11-12,26H,5-6,9-10H2,1-4H3,(H,27,30). The lowest BCUT2D eigenvalue weighted by Gasteiger charge is -2.24. The number of benzene rings is 2. The van der Waals surface area contributed by atoms with Crippen molar-refractivity contribution >= 4 is 61.5 Å². The van der Waals surface area contributed by atoms with Crippen LogP contribution < -0.4 is 10.8 Å². The summed E-state index contributed by atoms with van der Waals surface area (Å²) in [6.07, 6.45) is 0. The Bertz CT molecular complexity index is 1150. The molecule has 34 heavy (non-hydrogen) atoms. The van der Waals surface area contributed by atoms with Gasteiger partial charge < -0.3 is 10.2 Å². The average molecular weight is 631 g/mol. The summed E-state index contributed by atoms with van der Waals surface area (Å²) in [7, 11) is -2.04. The van der Waals surface area contributed by atoms with Crippen molar-refractivity contribution < 1.29 is 26.8 Å². The molecule has 0 aliphatic carbocycles. The first kappa shape index (κ1) is 28.7. The van der Waals surface area contributed by atoms with Crippen molar-refractivity contribution in [3.63, 3.8) is 0 Å².